The minimum absolute atomic E-state index is 0.234. The molecular formula is C30H35ClN4O. The Balaban J connectivity index is 1.40. The third-order valence-electron chi connectivity index (χ3n) is 7.41. The van der Waals surface area contributed by atoms with Crippen LogP contribution in [0.4, 0.5) is 11.6 Å². The number of anilines is 2. The molecule has 2 aliphatic rings. The highest BCUT2D eigenvalue weighted by Gasteiger charge is 2.27. The van der Waals surface area contributed by atoms with Gasteiger partial charge in [0.1, 0.15) is 0 Å². The minimum Gasteiger partial charge on any atom is -0.395 e. The first-order valence-corrected chi connectivity index (χ1v) is 13.4. The van der Waals surface area contributed by atoms with E-state index in [0.717, 1.165) is 55.0 Å². The molecule has 0 amide bonds. The fraction of sp³-hybridized carbons (Fsp3) is 0.400. The first kappa shape index (κ1) is 24.9. The van der Waals surface area contributed by atoms with Crippen LogP contribution in [-0.2, 0) is 0 Å². The zero-order valence-corrected chi connectivity index (χ0v) is 21.9. The van der Waals surface area contributed by atoms with Gasteiger partial charge in [-0.25, -0.2) is 9.97 Å². The van der Waals surface area contributed by atoms with Crippen molar-refractivity contribution in [2.24, 2.45) is 0 Å². The molecule has 1 saturated carbocycles. The molecule has 188 valence electrons. The highest BCUT2D eigenvalue weighted by atomic mass is 35.5. The van der Waals surface area contributed by atoms with Gasteiger partial charge >= 0.3 is 0 Å². The van der Waals surface area contributed by atoms with E-state index >= 15 is 0 Å². The van der Waals surface area contributed by atoms with Crippen molar-refractivity contribution >= 4 is 28.8 Å². The molecule has 0 bridgehead atoms. The van der Waals surface area contributed by atoms with Crippen LogP contribution in [0.5, 0.6) is 0 Å². The molecule has 1 aliphatic carbocycles. The number of aromatic nitrogens is 2. The molecule has 0 radical (unpaired) electrons. The highest BCUT2D eigenvalue weighted by molar-refractivity contribution is 6.32. The molecule has 1 aliphatic heterocycles. The molecule has 2 N–H and O–H groups in total. The van der Waals surface area contributed by atoms with Crippen molar-refractivity contribution in [1.29, 1.82) is 0 Å². The zero-order valence-electron chi connectivity index (χ0n) is 21.2. The van der Waals surface area contributed by atoms with Crippen LogP contribution >= 0.6 is 11.6 Å². The summed E-state index contributed by atoms with van der Waals surface area (Å²) in [5.74, 6) is 1.76. The Morgan fingerprint density at radius 3 is 2.33 bits per heavy atom. The lowest BCUT2D eigenvalue weighted by atomic mass is 9.87. The number of benzene rings is 2. The summed E-state index contributed by atoms with van der Waals surface area (Å²) in [5, 5.41) is 13.3. The van der Waals surface area contributed by atoms with Crippen LogP contribution in [0.3, 0.4) is 0 Å². The fourth-order valence-electron chi connectivity index (χ4n) is 5.19. The Morgan fingerprint density at radius 2 is 1.72 bits per heavy atom. The number of hydrogen-bond acceptors (Lipinski definition) is 5. The number of aliphatic hydroxyl groups excluding tert-OH is 1. The molecule has 2 heterocycles. The van der Waals surface area contributed by atoms with Gasteiger partial charge in [-0.2, -0.15) is 0 Å². The van der Waals surface area contributed by atoms with Crippen molar-refractivity contribution in [2.75, 3.05) is 31.6 Å². The second kappa shape index (κ2) is 11.1. The second-order valence-corrected chi connectivity index (χ2v) is 10.5. The van der Waals surface area contributed by atoms with E-state index in [2.05, 4.69) is 70.7 Å². The van der Waals surface area contributed by atoms with E-state index in [1.165, 1.54) is 29.5 Å². The van der Waals surface area contributed by atoms with Crippen LogP contribution in [0, 0.1) is 6.92 Å². The van der Waals surface area contributed by atoms with Crippen LogP contribution in [0.25, 0.3) is 5.57 Å². The number of aryl methyl sites for hydroxylation is 1. The lowest BCUT2D eigenvalue weighted by Gasteiger charge is -2.32. The number of likely N-dealkylation sites (tertiary alicyclic amines) is 1. The molecule has 36 heavy (non-hydrogen) atoms. The van der Waals surface area contributed by atoms with Gasteiger partial charge in [-0.15, -0.1) is 0 Å². The molecule has 3 aromatic rings. The van der Waals surface area contributed by atoms with Crippen molar-refractivity contribution in [3.8, 4) is 0 Å². The normalized spacial score (nSPS) is 17.4. The molecule has 2 fully saturated rings. The van der Waals surface area contributed by atoms with Crippen molar-refractivity contribution in [3.05, 3.63) is 87.7 Å². The summed E-state index contributed by atoms with van der Waals surface area (Å²) in [6, 6.07) is 15.4. The summed E-state index contributed by atoms with van der Waals surface area (Å²) in [7, 11) is 0. The first-order chi connectivity index (χ1) is 17.5. The largest absolute Gasteiger partial charge is 0.395 e. The molecule has 1 saturated heterocycles. The van der Waals surface area contributed by atoms with Crippen LogP contribution in [0.15, 0.2) is 54.7 Å². The number of rotatable bonds is 8. The third kappa shape index (κ3) is 5.80. The van der Waals surface area contributed by atoms with Gasteiger partial charge in [-0.1, -0.05) is 53.6 Å². The average Bonchev–Trinajstić information content (AvgIpc) is 3.74. The van der Waals surface area contributed by atoms with Gasteiger partial charge in [0.15, 0.2) is 0 Å². The van der Waals surface area contributed by atoms with E-state index < -0.39 is 0 Å². The number of aliphatic hydroxyl groups is 1. The maximum atomic E-state index is 9.27. The van der Waals surface area contributed by atoms with Crippen LogP contribution in [0.1, 0.15) is 72.4 Å². The Labute approximate surface area is 219 Å². The minimum atomic E-state index is 0.234. The van der Waals surface area contributed by atoms with E-state index in [1.807, 2.05) is 6.92 Å². The summed E-state index contributed by atoms with van der Waals surface area (Å²) < 4.78 is 0. The van der Waals surface area contributed by atoms with E-state index in [4.69, 9.17) is 16.6 Å². The van der Waals surface area contributed by atoms with Gasteiger partial charge in [0.05, 0.1) is 23.5 Å². The maximum Gasteiger partial charge on any atom is 0.227 e. The summed E-state index contributed by atoms with van der Waals surface area (Å²) in [5.41, 5.74) is 7.88. The average molecular weight is 503 g/mol. The monoisotopic (exact) mass is 502 g/mol. The van der Waals surface area contributed by atoms with Crippen LogP contribution in [-0.4, -0.2) is 46.2 Å². The molecule has 0 spiro atoms. The standard InChI is InChI=1S/C30H35ClN4O/c1-3-27(23-6-4-20(2)5-7-23)29-28(31)19-32-30(34-29)33-26-17-24(21-8-9-21)16-25(18-26)22-10-12-35(13-11-22)14-15-36/h3-7,16-19,21-22,36H,8-15H2,1-2H3,(H,32,33,34)/b27-3+. The molecule has 1 aromatic heterocycles. The zero-order chi connectivity index (χ0) is 25.1. The van der Waals surface area contributed by atoms with Crippen molar-refractivity contribution in [1.82, 2.24) is 14.9 Å². The number of nitrogens with zero attached hydrogens (tertiary/aromatic N) is 3. The first-order valence-electron chi connectivity index (χ1n) is 13.1. The molecular weight excluding hydrogens is 468 g/mol. The Kier molecular flexibility index (Phi) is 7.70. The number of piperidine rings is 1. The van der Waals surface area contributed by atoms with E-state index in [-0.39, 0.29) is 6.61 Å². The summed E-state index contributed by atoms with van der Waals surface area (Å²) in [6.07, 6.45) is 8.51. The van der Waals surface area contributed by atoms with E-state index in [1.54, 1.807) is 6.20 Å². The Morgan fingerprint density at radius 1 is 1.06 bits per heavy atom. The topological polar surface area (TPSA) is 61.3 Å². The third-order valence-corrected chi connectivity index (χ3v) is 7.68. The molecule has 5 nitrogen and oxygen atoms in total. The van der Waals surface area contributed by atoms with Gasteiger partial charge in [0.2, 0.25) is 5.95 Å². The maximum absolute atomic E-state index is 9.27. The fourth-order valence-corrected chi connectivity index (χ4v) is 5.38. The second-order valence-electron chi connectivity index (χ2n) is 10.1. The molecule has 2 aromatic carbocycles. The predicted octanol–water partition coefficient (Wildman–Crippen LogP) is 6.68. The summed E-state index contributed by atoms with van der Waals surface area (Å²) in [4.78, 5) is 11.7. The van der Waals surface area contributed by atoms with Crippen molar-refractivity contribution < 1.29 is 5.11 Å². The van der Waals surface area contributed by atoms with Crippen molar-refractivity contribution in [2.45, 2.75) is 51.4 Å². The molecule has 0 atom stereocenters. The van der Waals surface area contributed by atoms with Gasteiger partial charge in [-0.3, -0.25) is 0 Å². The Bertz CT molecular complexity index is 1230. The molecule has 6 heteroatoms. The number of hydrogen-bond donors (Lipinski definition) is 2. The van der Waals surface area contributed by atoms with Crippen LogP contribution in [0.2, 0.25) is 5.02 Å². The van der Waals surface area contributed by atoms with Gasteiger partial charge in [-0.05, 0) is 93.3 Å². The van der Waals surface area contributed by atoms with E-state index in [9.17, 15) is 5.11 Å². The summed E-state index contributed by atoms with van der Waals surface area (Å²) >= 11 is 6.58. The predicted molar refractivity (Wildman–Crippen MR) is 148 cm³/mol. The van der Waals surface area contributed by atoms with Gasteiger partial charge in [0, 0.05) is 17.8 Å². The molecule has 5 rings (SSSR count). The SMILES string of the molecule is C/C=C(\c1ccc(C)cc1)c1nc(Nc2cc(C3CC3)cc(C3CCN(CCO)CC3)c2)ncc1Cl. The lowest BCUT2D eigenvalue weighted by Crippen LogP contribution is -2.34. The number of halogens is 1. The Hall–Kier alpha value is -2.73. The molecule has 0 unspecified atom stereocenters. The number of nitrogens with one attached hydrogen (secondary N) is 1. The van der Waals surface area contributed by atoms with Crippen molar-refractivity contribution in [3.63, 3.8) is 0 Å². The summed E-state index contributed by atoms with van der Waals surface area (Å²) in [6.45, 7) is 7.18. The highest BCUT2D eigenvalue weighted by Crippen LogP contribution is 2.43. The lowest BCUT2D eigenvalue weighted by molar-refractivity contribution is 0.164. The number of β-amino-alcohol motifs (C(OH)–C–C–N with tert-alkyl or cyclic N) is 1. The quantitative estimate of drug-likeness (QED) is 0.359. The smallest absolute Gasteiger partial charge is 0.227 e. The van der Waals surface area contributed by atoms with Gasteiger partial charge in [0.25, 0.3) is 0 Å². The number of allylic oxidation sites excluding steroid dienone is 1. The van der Waals surface area contributed by atoms with E-state index in [0.29, 0.717) is 22.8 Å². The van der Waals surface area contributed by atoms with Gasteiger partial charge < -0.3 is 15.3 Å². The van der Waals surface area contributed by atoms with Crippen LogP contribution < -0.4 is 5.32 Å².